The van der Waals surface area contributed by atoms with Crippen molar-refractivity contribution in [1.82, 2.24) is 10.6 Å². The molecule has 2 rings (SSSR count). The summed E-state index contributed by atoms with van der Waals surface area (Å²) in [5, 5.41) is 4.93. The summed E-state index contributed by atoms with van der Waals surface area (Å²) in [6.07, 6.45) is 0. The van der Waals surface area contributed by atoms with Gasteiger partial charge in [-0.25, -0.2) is 8.78 Å². The van der Waals surface area contributed by atoms with Crippen LogP contribution in [0.5, 0.6) is 11.5 Å². The van der Waals surface area contributed by atoms with E-state index in [9.17, 15) is 18.4 Å². The molecular weight excluding hydrogens is 370 g/mol. The summed E-state index contributed by atoms with van der Waals surface area (Å²) < 4.78 is 37.7. The molecule has 0 fully saturated rings. The predicted octanol–water partition coefficient (Wildman–Crippen LogP) is 2.98. The Bertz CT molecular complexity index is 858. The Kier molecular flexibility index (Phi) is 7.31. The van der Waals surface area contributed by atoms with E-state index >= 15 is 0 Å². The van der Waals surface area contributed by atoms with Gasteiger partial charge in [0.15, 0.2) is 23.1 Å². The van der Waals surface area contributed by atoms with Crippen molar-refractivity contribution in [2.75, 3.05) is 20.3 Å². The highest BCUT2D eigenvalue weighted by molar-refractivity contribution is 5.98. The first-order chi connectivity index (χ1) is 13.4. The first kappa shape index (κ1) is 21.1. The number of amides is 2. The molecule has 0 aliphatic rings. The van der Waals surface area contributed by atoms with Gasteiger partial charge < -0.3 is 20.1 Å². The van der Waals surface area contributed by atoms with Gasteiger partial charge in [0, 0.05) is 12.6 Å². The Morgan fingerprint density at radius 2 is 1.64 bits per heavy atom. The van der Waals surface area contributed by atoms with E-state index in [0.29, 0.717) is 24.7 Å². The minimum atomic E-state index is -1.20. The zero-order valence-electron chi connectivity index (χ0n) is 15.8. The van der Waals surface area contributed by atoms with Crippen LogP contribution < -0.4 is 20.1 Å². The lowest BCUT2D eigenvalue weighted by molar-refractivity contribution is -0.122. The van der Waals surface area contributed by atoms with E-state index in [0.717, 1.165) is 12.1 Å². The average molecular weight is 392 g/mol. The Morgan fingerprint density at radius 3 is 2.25 bits per heavy atom. The molecule has 6 nitrogen and oxygen atoms in total. The summed E-state index contributed by atoms with van der Waals surface area (Å²) in [5.74, 6) is -2.43. The van der Waals surface area contributed by atoms with Crippen LogP contribution in [0.2, 0.25) is 0 Å². The maximum absolute atomic E-state index is 13.6. The zero-order valence-corrected chi connectivity index (χ0v) is 15.8. The van der Waals surface area contributed by atoms with Gasteiger partial charge in [-0.3, -0.25) is 9.59 Å². The molecule has 0 aromatic heterocycles. The van der Waals surface area contributed by atoms with Crippen LogP contribution in [0.15, 0.2) is 36.4 Å². The number of rotatable bonds is 8. The molecule has 2 N–H and O–H groups in total. The number of carbonyl (C=O) groups excluding carboxylic acids is 2. The van der Waals surface area contributed by atoms with Crippen molar-refractivity contribution in [3.05, 3.63) is 59.2 Å². The smallest absolute Gasteiger partial charge is 0.252 e. The maximum atomic E-state index is 13.6. The standard InChI is InChI=1S/C20H22F2N2O4/c1-4-27-16-9-7-13(11-17(16)28-5-2)19(25)24-18(20(26)23-3)12-6-8-14(21)15(22)10-12/h6-11,18H,4-5H2,1-3H3,(H,23,26)(H,24,25). The van der Waals surface area contributed by atoms with E-state index in [4.69, 9.17) is 9.47 Å². The van der Waals surface area contributed by atoms with Crippen LogP contribution in [0, 0.1) is 11.6 Å². The van der Waals surface area contributed by atoms with Crippen molar-refractivity contribution < 1.29 is 27.8 Å². The van der Waals surface area contributed by atoms with Crippen molar-refractivity contribution in [2.24, 2.45) is 0 Å². The molecule has 8 heteroatoms. The van der Waals surface area contributed by atoms with E-state index in [1.165, 1.54) is 25.2 Å². The van der Waals surface area contributed by atoms with Gasteiger partial charge >= 0.3 is 0 Å². The van der Waals surface area contributed by atoms with Crippen LogP contribution in [0.4, 0.5) is 8.78 Å². The van der Waals surface area contributed by atoms with Crippen LogP contribution in [-0.2, 0) is 4.79 Å². The molecule has 2 aromatic carbocycles. The number of ether oxygens (including phenoxy) is 2. The summed E-state index contributed by atoms with van der Waals surface area (Å²) >= 11 is 0. The van der Waals surface area contributed by atoms with Gasteiger partial charge in [0.05, 0.1) is 13.2 Å². The lowest BCUT2D eigenvalue weighted by Crippen LogP contribution is -2.39. The third-order valence-electron chi connectivity index (χ3n) is 3.87. The SMILES string of the molecule is CCOc1ccc(C(=O)NC(C(=O)NC)c2ccc(F)c(F)c2)cc1OCC. The molecule has 28 heavy (non-hydrogen) atoms. The van der Waals surface area contributed by atoms with Crippen LogP contribution in [-0.4, -0.2) is 32.1 Å². The molecule has 0 aliphatic heterocycles. The summed E-state index contributed by atoms with van der Waals surface area (Å²) in [5.41, 5.74) is 0.339. The van der Waals surface area contributed by atoms with E-state index < -0.39 is 29.5 Å². The van der Waals surface area contributed by atoms with Crippen LogP contribution in [0.1, 0.15) is 35.8 Å². The van der Waals surface area contributed by atoms with Gasteiger partial charge in [-0.15, -0.1) is 0 Å². The number of hydrogen-bond donors (Lipinski definition) is 2. The molecule has 2 amide bonds. The largest absolute Gasteiger partial charge is 0.490 e. The number of hydrogen-bond acceptors (Lipinski definition) is 4. The lowest BCUT2D eigenvalue weighted by atomic mass is 10.0. The summed E-state index contributed by atoms with van der Waals surface area (Å²) in [7, 11) is 1.38. The quantitative estimate of drug-likeness (QED) is 0.724. The fourth-order valence-corrected chi connectivity index (χ4v) is 2.54. The van der Waals surface area contributed by atoms with Crippen molar-refractivity contribution in [2.45, 2.75) is 19.9 Å². The Balaban J connectivity index is 2.31. The topological polar surface area (TPSA) is 76.7 Å². The molecule has 150 valence electrons. The first-order valence-electron chi connectivity index (χ1n) is 8.78. The summed E-state index contributed by atoms with van der Waals surface area (Å²) in [6.45, 7) is 4.43. The second-order valence-corrected chi connectivity index (χ2v) is 5.72. The average Bonchev–Trinajstić information content (AvgIpc) is 2.69. The van der Waals surface area contributed by atoms with Gasteiger partial charge in [-0.2, -0.15) is 0 Å². The van der Waals surface area contributed by atoms with Crippen molar-refractivity contribution in [3.63, 3.8) is 0 Å². The molecular formula is C20H22F2N2O4. The Hall–Kier alpha value is -3.16. The van der Waals surface area contributed by atoms with Crippen LogP contribution in [0.3, 0.4) is 0 Å². The third-order valence-corrected chi connectivity index (χ3v) is 3.87. The highest BCUT2D eigenvalue weighted by atomic mass is 19.2. The minimum Gasteiger partial charge on any atom is -0.490 e. The Labute approximate surface area is 161 Å². The van der Waals surface area contributed by atoms with Gasteiger partial charge in [0.25, 0.3) is 5.91 Å². The highest BCUT2D eigenvalue weighted by Crippen LogP contribution is 2.29. The van der Waals surface area contributed by atoms with Gasteiger partial charge in [-0.1, -0.05) is 6.07 Å². The number of likely N-dealkylation sites (N-methyl/N-ethyl adjacent to an activating group) is 1. The fourth-order valence-electron chi connectivity index (χ4n) is 2.54. The molecule has 1 unspecified atom stereocenters. The van der Waals surface area contributed by atoms with Crippen molar-refractivity contribution in [1.29, 1.82) is 0 Å². The second kappa shape index (κ2) is 9.68. The molecule has 0 bridgehead atoms. The maximum Gasteiger partial charge on any atom is 0.252 e. The van der Waals surface area contributed by atoms with E-state index in [1.54, 1.807) is 13.0 Å². The Morgan fingerprint density at radius 1 is 0.964 bits per heavy atom. The number of nitrogens with one attached hydrogen (secondary N) is 2. The van der Waals surface area contributed by atoms with Crippen molar-refractivity contribution >= 4 is 11.8 Å². The summed E-state index contributed by atoms with van der Waals surface area (Å²) in [4.78, 5) is 24.9. The number of carbonyl (C=O) groups is 2. The number of halogens is 2. The fraction of sp³-hybridized carbons (Fsp3) is 0.300. The molecule has 0 saturated heterocycles. The van der Waals surface area contributed by atoms with Crippen LogP contribution >= 0.6 is 0 Å². The zero-order chi connectivity index (χ0) is 20.7. The van der Waals surface area contributed by atoms with Gasteiger partial charge in [0.2, 0.25) is 5.91 Å². The van der Waals surface area contributed by atoms with Crippen molar-refractivity contribution in [3.8, 4) is 11.5 Å². The first-order valence-corrected chi connectivity index (χ1v) is 8.78. The highest BCUT2D eigenvalue weighted by Gasteiger charge is 2.24. The molecule has 0 heterocycles. The van der Waals surface area contributed by atoms with Gasteiger partial charge in [-0.05, 0) is 49.7 Å². The molecule has 0 saturated carbocycles. The normalized spacial score (nSPS) is 11.5. The predicted molar refractivity (Wildman–Crippen MR) is 99.4 cm³/mol. The van der Waals surface area contributed by atoms with E-state index in [-0.39, 0.29) is 11.1 Å². The van der Waals surface area contributed by atoms with E-state index in [1.807, 2.05) is 6.92 Å². The molecule has 0 aliphatic carbocycles. The van der Waals surface area contributed by atoms with Crippen LogP contribution in [0.25, 0.3) is 0 Å². The number of benzene rings is 2. The molecule has 0 spiro atoms. The monoisotopic (exact) mass is 392 g/mol. The lowest BCUT2D eigenvalue weighted by Gasteiger charge is -2.19. The molecule has 0 radical (unpaired) electrons. The third kappa shape index (κ3) is 4.97. The second-order valence-electron chi connectivity index (χ2n) is 5.72. The minimum absolute atomic E-state index is 0.113. The molecule has 2 aromatic rings. The van der Waals surface area contributed by atoms with E-state index in [2.05, 4.69) is 10.6 Å². The summed E-state index contributed by atoms with van der Waals surface area (Å²) in [6, 6.07) is 6.43. The van der Waals surface area contributed by atoms with Gasteiger partial charge in [0.1, 0.15) is 6.04 Å². The molecule has 1 atom stereocenters.